The van der Waals surface area contributed by atoms with Gasteiger partial charge in [0.1, 0.15) is 5.82 Å². The van der Waals surface area contributed by atoms with Crippen molar-refractivity contribution in [2.75, 3.05) is 13.1 Å². The molecule has 1 saturated carbocycles. The summed E-state index contributed by atoms with van der Waals surface area (Å²) in [6.45, 7) is 2.29. The van der Waals surface area contributed by atoms with Crippen LogP contribution in [-0.2, 0) is 15.4 Å². The number of nitrogens with zero attached hydrogens (tertiary/aromatic N) is 3. The van der Waals surface area contributed by atoms with E-state index in [9.17, 15) is 12.8 Å². The van der Waals surface area contributed by atoms with Gasteiger partial charge in [-0.25, -0.2) is 12.8 Å². The van der Waals surface area contributed by atoms with Crippen LogP contribution in [0.1, 0.15) is 30.7 Å². The molecule has 1 aliphatic heterocycles. The van der Waals surface area contributed by atoms with Crippen LogP contribution in [0, 0.1) is 18.7 Å². The molecule has 2 aromatic carbocycles. The molecule has 6 nitrogen and oxygen atoms in total. The lowest BCUT2D eigenvalue weighted by molar-refractivity contribution is 0.340. The molecule has 0 unspecified atom stereocenters. The van der Waals surface area contributed by atoms with Crippen LogP contribution in [0.5, 0.6) is 0 Å². The fourth-order valence-corrected chi connectivity index (χ4v) is 6.48. The summed E-state index contributed by atoms with van der Waals surface area (Å²) >= 11 is 0. The van der Waals surface area contributed by atoms with Gasteiger partial charge < -0.3 is 4.52 Å². The number of rotatable bonds is 4. The minimum absolute atomic E-state index is 0.120. The zero-order chi connectivity index (χ0) is 20.9. The van der Waals surface area contributed by atoms with Crippen molar-refractivity contribution in [3.05, 3.63) is 65.7 Å². The first-order valence-corrected chi connectivity index (χ1v) is 11.5. The van der Waals surface area contributed by atoms with Crippen molar-refractivity contribution in [3.63, 3.8) is 0 Å². The minimum Gasteiger partial charge on any atom is -0.334 e. The van der Waals surface area contributed by atoms with Crippen molar-refractivity contribution in [1.82, 2.24) is 14.4 Å². The quantitative estimate of drug-likeness (QED) is 0.631. The van der Waals surface area contributed by atoms with Crippen molar-refractivity contribution in [2.45, 2.75) is 36.5 Å². The van der Waals surface area contributed by atoms with Crippen LogP contribution in [0.4, 0.5) is 4.39 Å². The second-order valence-corrected chi connectivity index (χ2v) is 10.2. The van der Waals surface area contributed by atoms with Gasteiger partial charge in [0.05, 0.1) is 10.3 Å². The standard InChI is InChI=1S/C22H22FN3O3S/c1-15-12-18(9-10-19(15)23)30(27,28)26-13-17-8-5-11-22(17,14-26)21-24-20(29-25-21)16-6-3-2-4-7-16/h2-4,6-7,9-10,12,17H,5,8,11,13-14H2,1H3/t17-,22-/m1/s1. The molecule has 3 aromatic rings. The van der Waals surface area contributed by atoms with E-state index in [1.807, 2.05) is 30.3 Å². The summed E-state index contributed by atoms with van der Waals surface area (Å²) in [5.74, 6) is 0.747. The Hall–Kier alpha value is -2.58. The van der Waals surface area contributed by atoms with Crippen LogP contribution < -0.4 is 0 Å². The Morgan fingerprint density at radius 1 is 1.20 bits per heavy atom. The van der Waals surface area contributed by atoms with Crippen molar-refractivity contribution in [1.29, 1.82) is 0 Å². The molecule has 0 spiro atoms. The molecule has 1 saturated heterocycles. The first-order chi connectivity index (χ1) is 14.4. The van der Waals surface area contributed by atoms with E-state index in [1.54, 1.807) is 6.92 Å². The number of hydrogen-bond donors (Lipinski definition) is 0. The maximum atomic E-state index is 13.6. The molecule has 2 heterocycles. The lowest BCUT2D eigenvalue weighted by Gasteiger charge is -2.24. The molecule has 2 aliphatic rings. The van der Waals surface area contributed by atoms with Crippen LogP contribution in [0.25, 0.3) is 11.5 Å². The molecular formula is C22H22FN3O3S. The third-order valence-corrected chi connectivity index (χ3v) is 8.31. The van der Waals surface area contributed by atoms with E-state index < -0.39 is 21.3 Å². The first kappa shape index (κ1) is 19.4. The monoisotopic (exact) mass is 427 g/mol. The molecule has 1 aromatic heterocycles. The Labute approximate surface area is 174 Å². The zero-order valence-electron chi connectivity index (χ0n) is 16.6. The smallest absolute Gasteiger partial charge is 0.257 e. The van der Waals surface area contributed by atoms with E-state index in [0.717, 1.165) is 24.8 Å². The number of sulfonamides is 1. The minimum atomic E-state index is -3.73. The highest BCUT2D eigenvalue weighted by Crippen LogP contribution is 2.50. The van der Waals surface area contributed by atoms with Crippen molar-refractivity contribution < 1.29 is 17.3 Å². The van der Waals surface area contributed by atoms with Gasteiger partial charge in [-0.2, -0.15) is 9.29 Å². The molecule has 0 N–H and O–H groups in total. The van der Waals surface area contributed by atoms with Gasteiger partial charge in [-0.05, 0) is 61.6 Å². The maximum absolute atomic E-state index is 13.6. The van der Waals surface area contributed by atoms with Gasteiger partial charge in [-0.15, -0.1) is 0 Å². The molecule has 2 atom stereocenters. The average Bonchev–Trinajstić information content (AvgIpc) is 3.45. The molecule has 0 amide bonds. The predicted octanol–water partition coefficient (Wildman–Crippen LogP) is 3.93. The fraction of sp³-hybridized carbons (Fsp3) is 0.364. The van der Waals surface area contributed by atoms with Crippen LogP contribution in [-0.4, -0.2) is 36.0 Å². The molecule has 30 heavy (non-hydrogen) atoms. The van der Waals surface area contributed by atoms with Crippen molar-refractivity contribution >= 4 is 10.0 Å². The van der Waals surface area contributed by atoms with Gasteiger partial charge >= 0.3 is 0 Å². The third-order valence-electron chi connectivity index (χ3n) is 6.50. The Bertz CT molecular complexity index is 1200. The Morgan fingerprint density at radius 2 is 2.00 bits per heavy atom. The predicted molar refractivity (Wildman–Crippen MR) is 109 cm³/mol. The van der Waals surface area contributed by atoms with E-state index in [-0.39, 0.29) is 10.8 Å². The van der Waals surface area contributed by atoms with Crippen LogP contribution in [0.2, 0.25) is 0 Å². The summed E-state index contributed by atoms with van der Waals surface area (Å²) in [7, 11) is -3.73. The highest BCUT2D eigenvalue weighted by molar-refractivity contribution is 7.89. The Kier molecular flexibility index (Phi) is 4.52. The lowest BCUT2D eigenvalue weighted by atomic mass is 9.80. The van der Waals surface area contributed by atoms with Gasteiger partial charge in [0.2, 0.25) is 10.0 Å². The molecular weight excluding hydrogens is 405 g/mol. The molecule has 156 valence electrons. The van der Waals surface area contributed by atoms with Gasteiger partial charge in [-0.3, -0.25) is 0 Å². The average molecular weight is 428 g/mol. The molecule has 8 heteroatoms. The summed E-state index contributed by atoms with van der Waals surface area (Å²) in [6, 6.07) is 13.5. The second-order valence-electron chi connectivity index (χ2n) is 8.24. The molecule has 2 fully saturated rings. The topological polar surface area (TPSA) is 76.3 Å². The van der Waals surface area contributed by atoms with Crippen LogP contribution >= 0.6 is 0 Å². The van der Waals surface area contributed by atoms with Gasteiger partial charge in [-0.1, -0.05) is 29.8 Å². The number of aryl methyl sites for hydroxylation is 1. The maximum Gasteiger partial charge on any atom is 0.257 e. The third kappa shape index (κ3) is 2.97. The zero-order valence-corrected chi connectivity index (χ0v) is 17.4. The van der Waals surface area contributed by atoms with Crippen molar-refractivity contribution in [3.8, 4) is 11.5 Å². The first-order valence-electron chi connectivity index (χ1n) is 10.1. The summed E-state index contributed by atoms with van der Waals surface area (Å²) in [6.07, 6.45) is 2.74. The second kappa shape index (κ2) is 6.99. The van der Waals surface area contributed by atoms with Gasteiger partial charge in [0.15, 0.2) is 5.82 Å². The van der Waals surface area contributed by atoms with E-state index >= 15 is 0 Å². The number of fused-ring (bicyclic) bond motifs is 1. The normalized spacial score (nSPS) is 24.3. The van der Waals surface area contributed by atoms with Crippen LogP contribution in [0.15, 0.2) is 57.9 Å². The van der Waals surface area contributed by atoms with E-state index in [0.29, 0.717) is 30.4 Å². The summed E-state index contributed by atoms with van der Waals surface area (Å²) in [4.78, 5) is 4.78. The number of aromatic nitrogens is 2. The SMILES string of the molecule is Cc1cc(S(=O)(=O)N2C[C@H]3CCC[C@@]3(c3noc(-c4ccccc4)n3)C2)ccc1F. The fourth-order valence-electron chi connectivity index (χ4n) is 4.84. The largest absolute Gasteiger partial charge is 0.334 e. The molecule has 1 aliphatic carbocycles. The van der Waals surface area contributed by atoms with E-state index in [1.165, 1.54) is 22.5 Å². The van der Waals surface area contributed by atoms with E-state index in [4.69, 9.17) is 4.52 Å². The van der Waals surface area contributed by atoms with Crippen LogP contribution in [0.3, 0.4) is 0 Å². The highest BCUT2D eigenvalue weighted by Gasteiger charge is 2.56. The Balaban J connectivity index is 1.48. The molecule has 0 radical (unpaired) electrons. The Morgan fingerprint density at radius 3 is 2.77 bits per heavy atom. The number of benzene rings is 2. The number of halogens is 1. The lowest BCUT2D eigenvalue weighted by Crippen LogP contribution is -2.35. The van der Waals surface area contributed by atoms with Gasteiger partial charge in [0.25, 0.3) is 5.89 Å². The van der Waals surface area contributed by atoms with E-state index in [2.05, 4.69) is 10.1 Å². The number of hydrogen-bond acceptors (Lipinski definition) is 5. The summed E-state index contributed by atoms with van der Waals surface area (Å²) in [5.41, 5.74) is 0.709. The van der Waals surface area contributed by atoms with Crippen molar-refractivity contribution in [2.24, 2.45) is 5.92 Å². The highest BCUT2D eigenvalue weighted by atomic mass is 32.2. The molecule has 5 rings (SSSR count). The van der Waals surface area contributed by atoms with Gasteiger partial charge in [0, 0.05) is 18.7 Å². The summed E-state index contributed by atoms with van der Waals surface area (Å²) in [5, 5.41) is 4.27. The molecule has 0 bridgehead atoms. The summed E-state index contributed by atoms with van der Waals surface area (Å²) < 4.78 is 47.2.